The van der Waals surface area contributed by atoms with Gasteiger partial charge >= 0.3 is 5.97 Å². The van der Waals surface area contributed by atoms with Crippen LogP contribution in [-0.4, -0.2) is 36.6 Å². The van der Waals surface area contributed by atoms with Crippen LogP contribution in [0.4, 0.5) is 0 Å². The van der Waals surface area contributed by atoms with Crippen molar-refractivity contribution in [1.82, 2.24) is 4.90 Å². The molecule has 1 aromatic rings. The first-order chi connectivity index (χ1) is 8.16. The van der Waals surface area contributed by atoms with Crippen molar-refractivity contribution < 1.29 is 9.53 Å². The van der Waals surface area contributed by atoms with Crippen LogP contribution < -0.4 is 0 Å². The Hall–Kier alpha value is -1.35. The highest BCUT2D eigenvalue weighted by molar-refractivity contribution is 5.79. The summed E-state index contributed by atoms with van der Waals surface area (Å²) in [4.78, 5) is 14.0. The Morgan fingerprint density at radius 1 is 1.35 bits per heavy atom. The molecule has 1 aromatic carbocycles. The normalized spacial score (nSPS) is 28.5. The van der Waals surface area contributed by atoms with Crippen molar-refractivity contribution in [2.75, 3.05) is 13.7 Å². The van der Waals surface area contributed by atoms with Gasteiger partial charge in [0.05, 0.1) is 6.61 Å². The van der Waals surface area contributed by atoms with Crippen molar-refractivity contribution in [2.45, 2.75) is 31.8 Å². The SMILES string of the molecule is CCOC(=O)[C@@H]1[C@@H](c2ccccc2)[C@H](C)N1C. The molecule has 92 valence electrons. The maximum Gasteiger partial charge on any atom is 0.324 e. The van der Waals surface area contributed by atoms with E-state index in [0.717, 1.165) is 0 Å². The Labute approximate surface area is 102 Å². The average Bonchev–Trinajstić information content (AvgIpc) is 2.35. The van der Waals surface area contributed by atoms with E-state index in [4.69, 9.17) is 4.74 Å². The van der Waals surface area contributed by atoms with E-state index in [0.29, 0.717) is 12.6 Å². The van der Waals surface area contributed by atoms with Crippen LogP contribution in [0.25, 0.3) is 0 Å². The summed E-state index contributed by atoms with van der Waals surface area (Å²) in [6.07, 6.45) is 0. The maximum absolute atomic E-state index is 11.9. The van der Waals surface area contributed by atoms with Crippen molar-refractivity contribution in [2.24, 2.45) is 0 Å². The van der Waals surface area contributed by atoms with Crippen LogP contribution in [0.5, 0.6) is 0 Å². The molecule has 17 heavy (non-hydrogen) atoms. The summed E-state index contributed by atoms with van der Waals surface area (Å²) in [7, 11) is 1.98. The lowest BCUT2D eigenvalue weighted by Gasteiger charge is -2.50. The van der Waals surface area contributed by atoms with Crippen LogP contribution >= 0.6 is 0 Å². The molecule has 1 fully saturated rings. The zero-order valence-corrected chi connectivity index (χ0v) is 10.6. The standard InChI is InChI=1S/C14H19NO2/c1-4-17-14(16)13-12(10(2)15(13)3)11-8-6-5-7-9-11/h5-10,12-13H,4H2,1-3H3/t10-,12+,13-/m0/s1. The summed E-state index contributed by atoms with van der Waals surface area (Å²) in [6.45, 7) is 4.43. The second-order valence-electron chi connectivity index (χ2n) is 4.54. The highest BCUT2D eigenvalue weighted by Crippen LogP contribution is 2.39. The van der Waals surface area contributed by atoms with E-state index in [1.807, 2.05) is 32.2 Å². The molecule has 0 radical (unpaired) electrons. The number of likely N-dealkylation sites (N-methyl/N-ethyl adjacent to an activating group) is 1. The van der Waals surface area contributed by atoms with Gasteiger partial charge in [-0.3, -0.25) is 9.69 Å². The van der Waals surface area contributed by atoms with Crippen molar-refractivity contribution in [1.29, 1.82) is 0 Å². The lowest BCUT2D eigenvalue weighted by atomic mass is 9.76. The molecule has 3 atom stereocenters. The number of benzene rings is 1. The van der Waals surface area contributed by atoms with E-state index in [2.05, 4.69) is 24.0 Å². The Morgan fingerprint density at radius 3 is 2.59 bits per heavy atom. The number of nitrogens with zero attached hydrogens (tertiary/aromatic N) is 1. The lowest BCUT2D eigenvalue weighted by molar-refractivity contribution is -0.158. The Kier molecular flexibility index (Phi) is 3.48. The number of hydrogen-bond donors (Lipinski definition) is 0. The van der Waals surface area contributed by atoms with Gasteiger partial charge in [-0.25, -0.2) is 0 Å². The highest BCUT2D eigenvalue weighted by Gasteiger charge is 2.49. The third-order valence-electron chi connectivity index (χ3n) is 3.65. The molecule has 1 heterocycles. The number of esters is 1. The summed E-state index contributed by atoms with van der Waals surface area (Å²) in [5.74, 6) is 0.141. The first-order valence-corrected chi connectivity index (χ1v) is 6.10. The summed E-state index contributed by atoms with van der Waals surface area (Å²) in [5.41, 5.74) is 1.22. The minimum atomic E-state index is -0.132. The fourth-order valence-corrected chi connectivity index (χ4v) is 2.60. The largest absolute Gasteiger partial charge is 0.465 e. The summed E-state index contributed by atoms with van der Waals surface area (Å²) in [6, 6.07) is 10.4. The van der Waals surface area contributed by atoms with E-state index in [9.17, 15) is 4.79 Å². The van der Waals surface area contributed by atoms with Gasteiger partial charge in [-0.2, -0.15) is 0 Å². The van der Waals surface area contributed by atoms with E-state index >= 15 is 0 Å². The minimum absolute atomic E-state index is 0.109. The molecule has 0 amide bonds. The molecule has 1 saturated heterocycles. The first-order valence-electron chi connectivity index (χ1n) is 6.10. The van der Waals surface area contributed by atoms with Crippen molar-refractivity contribution in [3.63, 3.8) is 0 Å². The maximum atomic E-state index is 11.9. The fourth-order valence-electron chi connectivity index (χ4n) is 2.60. The Morgan fingerprint density at radius 2 is 2.00 bits per heavy atom. The second kappa shape index (κ2) is 4.88. The average molecular weight is 233 g/mol. The summed E-state index contributed by atoms with van der Waals surface area (Å²) in [5, 5.41) is 0. The Bertz CT molecular complexity index is 390. The van der Waals surface area contributed by atoms with Gasteiger partial charge < -0.3 is 4.74 Å². The molecular formula is C14H19NO2. The van der Waals surface area contributed by atoms with Gasteiger partial charge in [0.25, 0.3) is 0 Å². The van der Waals surface area contributed by atoms with Crippen molar-refractivity contribution >= 4 is 5.97 Å². The lowest BCUT2D eigenvalue weighted by Crippen LogP contribution is -2.62. The molecular weight excluding hydrogens is 214 g/mol. The zero-order valence-electron chi connectivity index (χ0n) is 10.6. The predicted octanol–water partition coefficient (Wildman–Crippen LogP) is 2.04. The van der Waals surface area contributed by atoms with Gasteiger partial charge in [-0.1, -0.05) is 30.3 Å². The van der Waals surface area contributed by atoms with Crippen LogP contribution in [0.15, 0.2) is 30.3 Å². The third-order valence-corrected chi connectivity index (χ3v) is 3.65. The molecule has 0 aliphatic carbocycles. The van der Waals surface area contributed by atoms with Crippen LogP contribution in [0.2, 0.25) is 0 Å². The predicted molar refractivity (Wildman–Crippen MR) is 66.8 cm³/mol. The van der Waals surface area contributed by atoms with Gasteiger partial charge in [0, 0.05) is 12.0 Å². The molecule has 0 bridgehead atoms. The van der Waals surface area contributed by atoms with Crippen molar-refractivity contribution in [3.05, 3.63) is 35.9 Å². The molecule has 0 unspecified atom stereocenters. The summed E-state index contributed by atoms with van der Waals surface area (Å²) < 4.78 is 5.14. The molecule has 0 aromatic heterocycles. The van der Waals surface area contributed by atoms with Crippen LogP contribution in [0.3, 0.4) is 0 Å². The van der Waals surface area contributed by atoms with E-state index in [1.165, 1.54) is 5.56 Å². The number of carbonyl (C=O) groups is 1. The number of hydrogen-bond acceptors (Lipinski definition) is 3. The molecule has 3 nitrogen and oxygen atoms in total. The van der Waals surface area contributed by atoms with Crippen LogP contribution in [0, 0.1) is 0 Å². The smallest absolute Gasteiger partial charge is 0.324 e. The van der Waals surface area contributed by atoms with Gasteiger partial charge in [0.2, 0.25) is 0 Å². The minimum Gasteiger partial charge on any atom is -0.465 e. The number of likely N-dealkylation sites (tertiary alicyclic amines) is 1. The summed E-state index contributed by atoms with van der Waals surface area (Å²) >= 11 is 0. The van der Waals surface area contributed by atoms with E-state index in [1.54, 1.807) is 0 Å². The van der Waals surface area contributed by atoms with Gasteiger partial charge in [-0.15, -0.1) is 0 Å². The zero-order chi connectivity index (χ0) is 12.4. The number of rotatable bonds is 3. The van der Waals surface area contributed by atoms with Gasteiger partial charge in [-0.05, 0) is 26.5 Å². The van der Waals surface area contributed by atoms with Crippen LogP contribution in [-0.2, 0) is 9.53 Å². The molecule has 0 spiro atoms. The molecule has 0 saturated carbocycles. The monoisotopic (exact) mass is 233 g/mol. The first kappa shape index (κ1) is 12.1. The van der Waals surface area contributed by atoms with Gasteiger partial charge in [0.15, 0.2) is 0 Å². The number of carbonyl (C=O) groups excluding carboxylic acids is 1. The fraction of sp³-hybridized carbons (Fsp3) is 0.500. The van der Waals surface area contributed by atoms with Crippen LogP contribution in [0.1, 0.15) is 25.3 Å². The molecule has 0 N–H and O–H groups in total. The molecule has 1 aliphatic heterocycles. The Balaban J connectivity index is 2.18. The van der Waals surface area contributed by atoms with Crippen molar-refractivity contribution in [3.8, 4) is 0 Å². The third kappa shape index (κ3) is 2.07. The van der Waals surface area contributed by atoms with E-state index in [-0.39, 0.29) is 17.9 Å². The van der Waals surface area contributed by atoms with Gasteiger partial charge in [0.1, 0.15) is 6.04 Å². The quantitative estimate of drug-likeness (QED) is 0.748. The molecule has 3 heteroatoms. The highest BCUT2D eigenvalue weighted by atomic mass is 16.5. The molecule has 1 aliphatic rings. The second-order valence-corrected chi connectivity index (χ2v) is 4.54. The topological polar surface area (TPSA) is 29.5 Å². The number of ether oxygens (including phenoxy) is 1. The van der Waals surface area contributed by atoms with E-state index < -0.39 is 0 Å². The molecule has 2 rings (SSSR count).